The maximum atomic E-state index is 2.77. The van der Waals surface area contributed by atoms with Crippen molar-refractivity contribution in [3.8, 4) is 61.6 Å². The molecule has 4 heterocycles. The van der Waals surface area contributed by atoms with Crippen LogP contribution in [0.4, 0.5) is 0 Å². The summed E-state index contributed by atoms with van der Waals surface area (Å²) in [7, 11) is 0. The smallest absolute Gasteiger partial charge is 0.333 e. The molecule has 3 heteroatoms. The van der Waals surface area contributed by atoms with Gasteiger partial charge in [-0.05, 0) is 134 Å². The fourth-order valence-corrected chi connectivity index (χ4v) is 11.1. The first-order chi connectivity index (χ1) is 27.7. The van der Waals surface area contributed by atoms with Gasteiger partial charge in [-0.3, -0.25) is 0 Å². The number of aryl methyl sites for hydroxylation is 8. The van der Waals surface area contributed by atoms with Crippen LogP contribution in [0.15, 0.2) is 127 Å². The van der Waals surface area contributed by atoms with E-state index in [-0.39, 0.29) is 6.85 Å². The van der Waals surface area contributed by atoms with E-state index in [1.807, 2.05) is 0 Å². The van der Waals surface area contributed by atoms with Crippen molar-refractivity contribution < 1.29 is 0 Å². The third-order valence-corrected chi connectivity index (χ3v) is 13.4. The van der Waals surface area contributed by atoms with Gasteiger partial charge in [0, 0.05) is 55.5 Å². The fourth-order valence-electron chi connectivity index (χ4n) is 11.1. The van der Waals surface area contributed by atoms with Crippen LogP contribution in [0.25, 0.3) is 83.4 Å². The molecule has 0 fully saturated rings. The van der Waals surface area contributed by atoms with Crippen molar-refractivity contribution in [2.24, 2.45) is 0 Å². The molecular weight excluding hydrogens is 687 g/mol. The molecule has 0 radical (unpaired) electrons. The van der Waals surface area contributed by atoms with Gasteiger partial charge in [-0.25, -0.2) is 0 Å². The van der Waals surface area contributed by atoms with Gasteiger partial charge < -0.3 is 9.05 Å². The van der Waals surface area contributed by atoms with E-state index in [0.717, 1.165) is 0 Å². The van der Waals surface area contributed by atoms with Crippen LogP contribution in [0.2, 0.25) is 0 Å². The SMILES string of the molecule is Cc1cccc(C)c1-c1c(-c2c(C)cccc2C)n2c3c(cccc13)-c1cccc3c1B2c1cccc2c(-c4c(C)cccc4C)c(-c4c(C)cccc4C)n-3c12. The van der Waals surface area contributed by atoms with E-state index in [1.165, 1.54) is 139 Å². The quantitative estimate of drug-likeness (QED) is 0.160. The van der Waals surface area contributed by atoms with E-state index in [4.69, 9.17) is 0 Å². The van der Waals surface area contributed by atoms with Crippen LogP contribution in [-0.2, 0) is 0 Å². The van der Waals surface area contributed by atoms with Gasteiger partial charge >= 0.3 is 6.85 Å². The van der Waals surface area contributed by atoms with Gasteiger partial charge in [-0.1, -0.05) is 121 Å². The van der Waals surface area contributed by atoms with Crippen molar-refractivity contribution >= 4 is 39.6 Å². The van der Waals surface area contributed by atoms with Gasteiger partial charge in [0.1, 0.15) is 0 Å². The van der Waals surface area contributed by atoms with Crippen LogP contribution < -0.4 is 10.9 Å². The van der Waals surface area contributed by atoms with Gasteiger partial charge in [0.05, 0.1) is 11.2 Å². The molecule has 0 saturated carbocycles. The Labute approximate surface area is 336 Å². The van der Waals surface area contributed by atoms with Gasteiger partial charge in [0.25, 0.3) is 0 Å². The van der Waals surface area contributed by atoms with Crippen molar-refractivity contribution in [3.63, 3.8) is 0 Å². The Hall–Kier alpha value is -6.32. The van der Waals surface area contributed by atoms with Crippen LogP contribution in [0.3, 0.4) is 0 Å². The first kappa shape index (κ1) is 34.0. The average Bonchev–Trinajstić information content (AvgIpc) is 3.69. The fraction of sp³-hybridized carbons (Fsp3) is 0.148. The van der Waals surface area contributed by atoms with Crippen LogP contribution >= 0.6 is 0 Å². The molecule has 9 aromatic rings. The van der Waals surface area contributed by atoms with Crippen LogP contribution in [-0.4, -0.2) is 15.9 Å². The average molecular weight is 733 g/mol. The molecule has 11 rings (SSSR count). The van der Waals surface area contributed by atoms with Crippen molar-refractivity contribution in [1.82, 2.24) is 9.05 Å². The minimum Gasteiger partial charge on any atom is -0.375 e. The summed E-state index contributed by atoms with van der Waals surface area (Å²) in [5, 5.41) is 2.63. The lowest BCUT2D eigenvalue weighted by molar-refractivity contribution is 1.12. The molecule has 2 aliphatic rings. The first-order valence-corrected chi connectivity index (χ1v) is 20.4. The highest BCUT2D eigenvalue weighted by Gasteiger charge is 2.44. The molecule has 274 valence electrons. The molecule has 0 spiro atoms. The zero-order valence-corrected chi connectivity index (χ0v) is 34.1. The molecule has 0 bridgehead atoms. The molecule has 0 N–H and O–H groups in total. The number of benzene rings is 7. The molecule has 2 nitrogen and oxygen atoms in total. The molecule has 0 aliphatic carbocycles. The predicted molar refractivity (Wildman–Crippen MR) is 244 cm³/mol. The molecular formula is C54H45BN2. The van der Waals surface area contributed by atoms with Crippen molar-refractivity contribution in [3.05, 3.63) is 172 Å². The highest BCUT2D eigenvalue weighted by atomic mass is 15.0. The summed E-state index contributed by atoms with van der Waals surface area (Å²) in [5.41, 5.74) is 30.3. The lowest BCUT2D eigenvalue weighted by Gasteiger charge is -2.35. The number of para-hydroxylation sites is 2. The van der Waals surface area contributed by atoms with Crippen LogP contribution in [0, 0.1) is 55.4 Å². The molecule has 0 unspecified atom stereocenters. The summed E-state index contributed by atoms with van der Waals surface area (Å²) in [4.78, 5) is 0. The summed E-state index contributed by atoms with van der Waals surface area (Å²) in [6, 6.07) is 48.4. The number of nitrogens with zero attached hydrogens (tertiary/aromatic N) is 2. The number of rotatable bonds is 4. The van der Waals surface area contributed by atoms with Crippen molar-refractivity contribution in [2.45, 2.75) is 55.4 Å². The van der Waals surface area contributed by atoms with E-state index >= 15 is 0 Å². The standard InChI is InChI=1S/C54H45BN2/c1-30-16-9-17-31(2)44(30)48-41-27-14-28-42-52(41)56(53(48)46-34(5)20-11-21-35(46)6)43-29-15-24-38-39-25-13-26-40-49(45-32(3)18-10-19-33(45)4)54(47-36(7)22-12-23-37(47)8)57(51(39)40)55(42)50(38)43/h9-29H,1-8H3. The van der Waals surface area contributed by atoms with Crippen LogP contribution in [0.1, 0.15) is 44.5 Å². The maximum Gasteiger partial charge on any atom is 0.333 e. The zero-order chi connectivity index (χ0) is 39.0. The summed E-state index contributed by atoms with van der Waals surface area (Å²) in [5.74, 6) is 0. The van der Waals surface area contributed by atoms with Crippen LogP contribution in [0.5, 0.6) is 0 Å². The molecule has 0 atom stereocenters. The summed E-state index contributed by atoms with van der Waals surface area (Å²) >= 11 is 0. The third kappa shape index (κ3) is 4.43. The van der Waals surface area contributed by atoms with E-state index in [2.05, 4.69) is 192 Å². The molecule has 7 aromatic carbocycles. The summed E-state index contributed by atoms with van der Waals surface area (Å²) in [6.45, 7) is 18.3. The molecule has 57 heavy (non-hydrogen) atoms. The number of hydrogen-bond acceptors (Lipinski definition) is 0. The molecule has 0 saturated heterocycles. The molecule has 2 aromatic heterocycles. The number of fused-ring (bicyclic) bond motifs is 4. The first-order valence-electron chi connectivity index (χ1n) is 20.4. The molecule has 0 amide bonds. The Balaban J connectivity index is 1.39. The maximum absolute atomic E-state index is 2.77. The van der Waals surface area contributed by atoms with E-state index in [1.54, 1.807) is 0 Å². The number of hydrogen-bond donors (Lipinski definition) is 0. The number of aromatic nitrogens is 2. The Bertz CT molecular complexity index is 3140. The Morgan fingerprint density at radius 2 is 0.754 bits per heavy atom. The summed E-state index contributed by atoms with van der Waals surface area (Å²) < 4.78 is 5.44. The second kappa shape index (κ2) is 12.1. The summed E-state index contributed by atoms with van der Waals surface area (Å²) in [6.07, 6.45) is 0. The topological polar surface area (TPSA) is 9.86 Å². The van der Waals surface area contributed by atoms with E-state index < -0.39 is 0 Å². The minimum atomic E-state index is -0.0385. The Morgan fingerprint density at radius 1 is 0.351 bits per heavy atom. The second-order valence-corrected chi connectivity index (χ2v) is 16.8. The Morgan fingerprint density at radius 3 is 1.30 bits per heavy atom. The van der Waals surface area contributed by atoms with Gasteiger partial charge in [-0.15, -0.1) is 0 Å². The van der Waals surface area contributed by atoms with Crippen molar-refractivity contribution in [2.75, 3.05) is 0 Å². The predicted octanol–water partition coefficient (Wildman–Crippen LogP) is 12.7. The lowest BCUT2D eigenvalue weighted by atomic mass is 9.45. The lowest BCUT2D eigenvalue weighted by Crippen LogP contribution is -2.55. The van der Waals surface area contributed by atoms with Gasteiger partial charge in [0.15, 0.2) is 0 Å². The van der Waals surface area contributed by atoms with Gasteiger partial charge in [0.2, 0.25) is 0 Å². The molecule has 2 aliphatic heterocycles. The Kier molecular flexibility index (Phi) is 7.21. The largest absolute Gasteiger partial charge is 0.375 e. The van der Waals surface area contributed by atoms with E-state index in [0.29, 0.717) is 0 Å². The minimum absolute atomic E-state index is 0.0385. The van der Waals surface area contributed by atoms with E-state index in [9.17, 15) is 0 Å². The highest BCUT2D eigenvalue weighted by Crippen LogP contribution is 2.52. The highest BCUT2D eigenvalue weighted by molar-refractivity contribution is 6.89. The second-order valence-electron chi connectivity index (χ2n) is 16.8. The normalized spacial score (nSPS) is 12.5. The van der Waals surface area contributed by atoms with Crippen molar-refractivity contribution in [1.29, 1.82) is 0 Å². The third-order valence-electron chi connectivity index (χ3n) is 13.4. The monoisotopic (exact) mass is 732 g/mol. The zero-order valence-electron chi connectivity index (χ0n) is 34.1. The van der Waals surface area contributed by atoms with Gasteiger partial charge in [-0.2, -0.15) is 0 Å².